The number of carbonyl (C=O) groups excluding carboxylic acids is 1. The van der Waals surface area contributed by atoms with Gasteiger partial charge >= 0.3 is 0 Å². The number of nitrogens with zero attached hydrogens (tertiary/aromatic N) is 4. The number of piperazine rings is 1. The fourth-order valence-electron chi connectivity index (χ4n) is 4.04. The van der Waals surface area contributed by atoms with Crippen molar-refractivity contribution in [2.24, 2.45) is 0 Å². The Bertz CT molecular complexity index is 736. The van der Waals surface area contributed by atoms with Crippen LogP contribution in [0.25, 0.3) is 0 Å². The number of likely N-dealkylation sites (N-methyl/N-ethyl adjacent to an activating group) is 1. The molecule has 1 atom stereocenters. The molecule has 130 valence electrons. The number of hydrogen-bond acceptors (Lipinski definition) is 4. The highest BCUT2D eigenvalue weighted by molar-refractivity contribution is 5.96. The molecule has 2 saturated heterocycles. The molecule has 1 unspecified atom stereocenters. The van der Waals surface area contributed by atoms with Crippen LogP contribution in [0, 0.1) is 0 Å². The van der Waals surface area contributed by atoms with Gasteiger partial charge in [0.05, 0.1) is 17.8 Å². The average molecular weight is 336 g/mol. The van der Waals surface area contributed by atoms with Crippen LogP contribution in [0.2, 0.25) is 0 Å². The van der Waals surface area contributed by atoms with Crippen molar-refractivity contribution in [2.75, 3.05) is 38.1 Å². The van der Waals surface area contributed by atoms with E-state index in [0.717, 1.165) is 44.0 Å². The molecule has 2 aliphatic heterocycles. The molecule has 3 heterocycles. The van der Waals surface area contributed by atoms with Crippen LogP contribution in [-0.4, -0.2) is 59.5 Å². The second-order valence-corrected chi connectivity index (χ2v) is 7.18. The molecule has 25 heavy (non-hydrogen) atoms. The predicted octanol–water partition coefficient (Wildman–Crippen LogP) is 2.00. The summed E-state index contributed by atoms with van der Waals surface area (Å²) in [4.78, 5) is 23.7. The second-order valence-electron chi connectivity index (χ2n) is 7.18. The summed E-state index contributed by atoms with van der Waals surface area (Å²) < 4.78 is 0. The van der Waals surface area contributed by atoms with Gasteiger partial charge in [0, 0.05) is 38.1 Å². The van der Waals surface area contributed by atoms with Gasteiger partial charge < -0.3 is 4.90 Å². The molecule has 4 rings (SSSR count). The van der Waals surface area contributed by atoms with Crippen molar-refractivity contribution >= 4 is 11.6 Å². The van der Waals surface area contributed by atoms with Crippen LogP contribution in [0.5, 0.6) is 0 Å². The lowest BCUT2D eigenvalue weighted by Gasteiger charge is -2.47. The Hall–Kier alpha value is -2.24. The van der Waals surface area contributed by atoms with Crippen LogP contribution >= 0.6 is 0 Å². The fourth-order valence-corrected chi connectivity index (χ4v) is 4.04. The van der Waals surface area contributed by atoms with Gasteiger partial charge in [-0.2, -0.15) is 0 Å². The van der Waals surface area contributed by atoms with Crippen molar-refractivity contribution in [1.29, 1.82) is 0 Å². The third-order valence-corrected chi connectivity index (χ3v) is 5.53. The van der Waals surface area contributed by atoms with Crippen LogP contribution in [-0.2, 0) is 11.3 Å². The van der Waals surface area contributed by atoms with Crippen molar-refractivity contribution in [2.45, 2.75) is 18.5 Å². The molecule has 0 saturated carbocycles. The Morgan fingerprint density at radius 2 is 1.88 bits per heavy atom. The van der Waals surface area contributed by atoms with E-state index in [4.69, 9.17) is 0 Å². The van der Waals surface area contributed by atoms with Crippen molar-refractivity contribution in [1.82, 2.24) is 14.8 Å². The molecule has 1 aromatic heterocycles. The van der Waals surface area contributed by atoms with Crippen LogP contribution < -0.4 is 4.90 Å². The molecule has 0 radical (unpaired) electrons. The maximum Gasteiger partial charge on any atom is 0.241 e. The SMILES string of the molecule is CN1CC(=O)N(c2ccccc2)CC12CCN(Cc1ccccn1)C2. The molecule has 0 N–H and O–H groups in total. The number of likely N-dealkylation sites (tertiary alicyclic amines) is 1. The minimum atomic E-state index is 0.0263. The Kier molecular flexibility index (Phi) is 4.27. The number of rotatable bonds is 3. The first-order chi connectivity index (χ1) is 12.2. The number of hydrogen-bond donors (Lipinski definition) is 0. The van der Waals surface area contributed by atoms with E-state index in [1.807, 2.05) is 53.6 Å². The number of carbonyl (C=O) groups is 1. The summed E-state index contributed by atoms with van der Waals surface area (Å²) >= 11 is 0. The molecule has 2 fully saturated rings. The lowest BCUT2D eigenvalue weighted by atomic mass is 9.92. The smallest absolute Gasteiger partial charge is 0.241 e. The average Bonchev–Trinajstić information content (AvgIpc) is 3.04. The van der Waals surface area contributed by atoms with E-state index >= 15 is 0 Å². The Morgan fingerprint density at radius 1 is 1.08 bits per heavy atom. The van der Waals surface area contributed by atoms with Gasteiger partial charge in [0.15, 0.2) is 0 Å². The zero-order chi connectivity index (χ0) is 17.3. The van der Waals surface area contributed by atoms with Crippen molar-refractivity contribution in [3.05, 3.63) is 60.4 Å². The topological polar surface area (TPSA) is 39.7 Å². The summed E-state index contributed by atoms with van der Waals surface area (Å²) in [7, 11) is 2.09. The number of pyridine rings is 1. The van der Waals surface area contributed by atoms with Gasteiger partial charge in [-0.1, -0.05) is 24.3 Å². The first-order valence-corrected chi connectivity index (χ1v) is 8.85. The van der Waals surface area contributed by atoms with Gasteiger partial charge in [0.1, 0.15) is 0 Å². The molecular weight excluding hydrogens is 312 g/mol. The molecule has 2 aliphatic rings. The summed E-state index contributed by atoms with van der Waals surface area (Å²) in [5.74, 6) is 0.183. The van der Waals surface area contributed by atoms with E-state index in [2.05, 4.69) is 27.9 Å². The number of anilines is 1. The van der Waals surface area contributed by atoms with E-state index in [0.29, 0.717) is 6.54 Å². The van der Waals surface area contributed by atoms with E-state index in [9.17, 15) is 4.79 Å². The zero-order valence-electron chi connectivity index (χ0n) is 14.6. The molecule has 5 heteroatoms. The van der Waals surface area contributed by atoms with Crippen molar-refractivity contribution in [3.8, 4) is 0 Å². The zero-order valence-corrected chi connectivity index (χ0v) is 14.6. The molecule has 5 nitrogen and oxygen atoms in total. The van der Waals surface area contributed by atoms with E-state index in [1.165, 1.54) is 0 Å². The maximum absolute atomic E-state index is 12.6. The highest BCUT2D eigenvalue weighted by Gasteiger charge is 2.47. The molecule has 1 amide bonds. The predicted molar refractivity (Wildman–Crippen MR) is 98.3 cm³/mol. The molecule has 1 aromatic carbocycles. The van der Waals surface area contributed by atoms with Crippen LogP contribution in [0.1, 0.15) is 12.1 Å². The van der Waals surface area contributed by atoms with Gasteiger partial charge in [-0.3, -0.25) is 19.6 Å². The van der Waals surface area contributed by atoms with Gasteiger partial charge in [-0.25, -0.2) is 0 Å². The van der Waals surface area contributed by atoms with Crippen molar-refractivity contribution < 1.29 is 4.79 Å². The second kappa shape index (κ2) is 6.58. The van der Waals surface area contributed by atoms with Crippen LogP contribution in [0.3, 0.4) is 0 Å². The first kappa shape index (κ1) is 16.2. The van der Waals surface area contributed by atoms with Gasteiger partial charge in [-0.15, -0.1) is 0 Å². The normalized spacial score (nSPS) is 25.0. The number of aromatic nitrogens is 1. The monoisotopic (exact) mass is 336 g/mol. The van der Waals surface area contributed by atoms with Gasteiger partial charge in [0.25, 0.3) is 0 Å². The van der Waals surface area contributed by atoms with E-state index in [-0.39, 0.29) is 11.4 Å². The summed E-state index contributed by atoms with van der Waals surface area (Å²) in [5, 5.41) is 0. The summed E-state index contributed by atoms with van der Waals surface area (Å²) in [6.45, 7) is 4.11. The summed E-state index contributed by atoms with van der Waals surface area (Å²) in [5.41, 5.74) is 2.13. The van der Waals surface area contributed by atoms with Crippen LogP contribution in [0.15, 0.2) is 54.7 Å². The molecule has 0 bridgehead atoms. The van der Waals surface area contributed by atoms with Crippen molar-refractivity contribution in [3.63, 3.8) is 0 Å². The Labute approximate surface area is 148 Å². The lowest BCUT2D eigenvalue weighted by molar-refractivity contribution is -0.123. The molecular formula is C20H24N4O. The number of para-hydroxylation sites is 1. The highest BCUT2D eigenvalue weighted by Crippen LogP contribution is 2.33. The van der Waals surface area contributed by atoms with Crippen LogP contribution in [0.4, 0.5) is 5.69 Å². The van der Waals surface area contributed by atoms with E-state index < -0.39 is 0 Å². The lowest BCUT2D eigenvalue weighted by Crippen LogP contribution is -2.64. The Morgan fingerprint density at radius 3 is 2.64 bits per heavy atom. The third kappa shape index (κ3) is 3.17. The minimum absolute atomic E-state index is 0.0263. The summed E-state index contributed by atoms with van der Waals surface area (Å²) in [6, 6.07) is 16.1. The minimum Gasteiger partial charge on any atom is -0.309 e. The molecule has 1 spiro atoms. The molecule has 0 aliphatic carbocycles. The third-order valence-electron chi connectivity index (χ3n) is 5.53. The maximum atomic E-state index is 12.6. The largest absolute Gasteiger partial charge is 0.309 e. The number of benzene rings is 1. The quantitative estimate of drug-likeness (QED) is 0.860. The van der Waals surface area contributed by atoms with Gasteiger partial charge in [0.2, 0.25) is 5.91 Å². The highest BCUT2D eigenvalue weighted by atomic mass is 16.2. The molecule has 2 aromatic rings. The first-order valence-electron chi connectivity index (χ1n) is 8.85. The Balaban J connectivity index is 1.51. The summed E-state index contributed by atoms with van der Waals surface area (Å²) in [6.07, 6.45) is 2.93. The fraction of sp³-hybridized carbons (Fsp3) is 0.400. The standard InChI is InChI=1S/C20H24N4O/c1-22-14-19(25)24(18-8-3-2-4-9-18)16-20(22)10-12-23(15-20)13-17-7-5-6-11-21-17/h2-9,11H,10,12-16H2,1H3. The number of amides is 1. The van der Waals surface area contributed by atoms with Gasteiger partial charge in [-0.05, 0) is 37.7 Å². The van der Waals surface area contributed by atoms with E-state index in [1.54, 1.807) is 0 Å².